The zero-order chi connectivity index (χ0) is 13.6. The number of aromatic nitrogens is 1. The Morgan fingerprint density at radius 2 is 1.79 bits per heavy atom. The second-order valence-corrected chi connectivity index (χ2v) is 6.31. The highest BCUT2D eigenvalue weighted by Crippen LogP contribution is 2.38. The van der Waals surface area contributed by atoms with Crippen molar-refractivity contribution >= 4 is 0 Å². The monoisotopic (exact) mass is 253 g/mol. The summed E-state index contributed by atoms with van der Waals surface area (Å²) in [6.45, 7) is 9.09. The minimum absolute atomic E-state index is 0.572. The van der Waals surface area contributed by atoms with Gasteiger partial charge in [0.15, 0.2) is 0 Å². The molecule has 1 N–H and O–H groups in total. The van der Waals surface area contributed by atoms with Crippen molar-refractivity contribution in [1.29, 1.82) is 0 Å². The van der Waals surface area contributed by atoms with E-state index < -0.39 is 0 Å². The number of benzene rings is 1. The molecule has 0 saturated carbocycles. The zero-order valence-electron chi connectivity index (χ0n) is 12.4. The molecule has 0 bridgehead atoms. The van der Waals surface area contributed by atoms with Gasteiger partial charge in [0.25, 0.3) is 0 Å². The molecule has 0 fully saturated rings. The van der Waals surface area contributed by atoms with Crippen LogP contribution in [0.3, 0.4) is 0 Å². The van der Waals surface area contributed by atoms with Crippen molar-refractivity contribution in [2.24, 2.45) is 0 Å². The van der Waals surface area contributed by atoms with Crippen LogP contribution < -0.4 is 0 Å². The molecule has 1 heteroatoms. The predicted octanol–water partition coefficient (Wildman–Crippen LogP) is 5.03. The molecule has 1 aromatic heterocycles. The third-order valence-corrected chi connectivity index (χ3v) is 4.29. The maximum absolute atomic E-state index is 3.66. The Hall–Kier alpha value is -1.50. The average molecular weight is 253 g/mol. The fourth-order valence-corrected chi connectivity index (χ4v) is 3.19. The van der Waals surface area contributed by atoms with E-state index in [2.05, 4.69) is 56.9 Å². The van der Waals surface area contributed by atoms with Gasteiger partial charge in [-0.2, -0.15) is 0 Å². The first-order chi connectivity index (χ1) is 9.08. The van der Waals surface area contributed by atoms with Crippen LogP contribution in [0.1, 0.15) is 61.9 Å². The molecule has 1 aliphatic rings. The van der Waals surface area contributed by atoms with E-state index in [9.17, 15) is 0 Å². The molecule has 0 amide bonds. The number of H-pyrrole nitrogens is 1. The van der Waals surface area contributed by atoms with Gasteiger partial charge in [-0.1, -0.05) is 45.9 Å². The highest BCUT2D eigenvalue weighted by atomic mass is 14.7. The smallest absolute Gasteiger partial charge is 0.0491 e. The van der Waals surface area contributed by atoms with Crippen LogP contribution >= 0.6 is 0 Å². The molecular weight excluding hydrogens is 230 g/mol. The van der Waals surface area contributed by atoms with E-state index in [0.717, 1.165) is 0 Å². The van der Waals surface area contributed by atoms with Crippen LogP contribution in [-0.4, -0.2) is 4.98 Å². The second-order valence-electron chi connectivity index (χ2n) is 6.31. The molecule has 0 aliphatic heterocycles. The maximum Gasteiger partial charge on any atom is 0.0491 e. The molecule has 100 valence electrons. The normalized spacial score (nSPS) is 13.8. The summed E-state index contributed by atoms with van der Waals surface area (Å²) in [6.07, 6.45) is 2.36. The number of fused-ring (bicyclic) bond motifs is 3. The van der Waals surface area contributed by atoms with E-state index >= 15 is 0 Å². The summed E-state index contributed by atoms with van der Waals surface area (Å²) in [6, 6.07) is 9.14. The standard InChI is InChI=1S/C18H23N/c1-11(2)14-6-5-7-16-15(14)9-8-13-10-17(12(3)4)19-18(13)16/h5-7,10-12,19H,8-9H2,1-4H3. The van der Waals surface area contributed by atoms with Gasteiger partial charge < -0.3 is 4.98 Å². The van der Waals surface area contributed by atoms with E-state index in [-0.39, 0.29) is 0 Å². The van der Waals surface area contributed by atoms with Gasteiger partial charge in [0.05, 0.1) is 0 Å². The lowest BCUT2D eigenvalue weighted by Gasteiger charge is -2.21. The van der Waals surface area contributed by atoms with Crippen molar-refractivity contribution in [1.82, 2.24) is 4.98 Å². The highest BCUT2D eigenvalue weighted by Gasteiger charge is 2.22. The number of hydrogen-bond donors (Lipinski definition) is 1. The van der Waals surface area contributed by atoms with E-state index in [0.29, 0.717) is 11.8 Å². The van der Waals surface area contributed by atoms with Gasteiger partial charge >= 0.3 is 0 Å². The average Bonchev–Trinajstić information content (AvgIpc) is 2.82. The van der Waals surface area contributed by atoms with Gasteiger partial charge in [-0.25, -0.2) is 0 Å². The molecule has 1 aliphatic carbocycles. The Labute approximate surface area is 116 Å². The van der Waals surface area contributed by atoms with Gasteiger partial charge in [0.2, 0.25) is 0 Å². The van der Waals surface area contributed by atoms with Crippen molar-refractivity contribution in [2.75, 3.05) is 0 Å². The van der Waals surface area contributed by atoms with Crippen LogP contribution in [0, 0.1) is 0 Å². The fraction of sp³-hybridized carbons (Fsp3) is 0.444. The summed E-state index contributed by atoms with van der Waals surface area (Å²) in [5, 5.41) is 0. The van der Waals surface area contributed by atoms with Gasteiger partial charge in [-0.05, 0) is 47.4 Å². The summed E-state index contributed by atoms with van der Waals surface area (Å²) in [7, 11) is 0. The first-order valence-corrected chi connectivity index (χ1v) is 7.42. The van der Waals surface area contributed by atoms with Crippen LogP contribution in [0.15, 0.2) is 24.3 Å². The van der Waals surface area contributed by atoms with Crippen molar-refractivity contribution in [2.45, 2.75) is 52.4 Å². The van der Waals surface area contributed by atoms with Crippen molar-refractivity contribution < 1.29 is 0 Å². The Balaban J connectivity index is 2.16. The third-order valence-electron chi connectivity index (χ3n) is 4.29. The molecule has 0 spiro atoms. The van der Waals surface area contributed by atoms with Crippen LogP contribution in [0.5, 0.6) is 0 Å². The Morgan fingerprint density at radius 3 is 2.47 bits per heavy atom. The second kappa shape index (κ2) is 4.56. The van der Waals surface area contributed by atoms with E-state index in [1.807, 2.05) is 0 Å². The van der Waals surface area contributed by atoms with Crippen molar-refractivity contribution in [3.05, 3.63) is 46.6 Å². The lowest BCUT2D eigenvalue weighted by atomic mass is 9.84. The predicted molar refractivity (Wildman–Crippen MR) is 81.8 cm³/mol. The quantitative estimate of drug-likeness (QED) is 0.773. The summed E-state index contributed by atoms with van der Waals surface area (Å²) in [5.41, 5.74) is 8.74. The van der Waals surface area contributed by atoms with Crippen LogP contribution in [0.4, 0.5) is 0 Å². The van der Waals surface area contributed by atoms with Gasteiger partial charge in [-0.15, -0.1) is 0 Å². The number of aromatic amines is 1. The molecule has 0 unspecified atom stereocenters. The van der Waals surface area contributed by atoms with Gasteiger partial charge in [0.1, 0.15) is 0 Å². The fourth-order valence-electron chi connectivity index (χ4n) is 3.19. The molecule has 1 nitrogen and oxygen atoms in total. The minimum Gasteiger partial charge on any atom is -0.358 e. The van der Waals surface area contributed by atoms with Crippen molar-refractivity contribution in [3.8, 4) is 11.3 Å². The van der Waals surface area contributed by atoms with Crippen LogP contribution in [-0.2, 0) is 12.8 Å². The lowest BCUT2D eigenvalue weighted by Crippen LogP contribution is -2.07. The molecule has 0 radical (unpaired) electrons. The number of hydrogen-bond acceptors (Lipinski definition) is 0. The van der Waals surface area contributed by atoms with E-state index in [4.69, 9.17) is 0 Å². The molecule has 1 heterocycles. The van der Waals surface area contributed by atoms with Gasteiger partial charge in [0, 0.05) is 17.0 Å². The largest absolute Gasteiger partial charge is 0.358 e. The lowest BCUT2D eigenvalue weighted by molar-refractivity contribution is 0.823. The molecule has 3 rings (SSSR count). The molecule has 1 aromatic carbocycles. The Morgan fingerprint density at radius 1 is 1.00 bits per heavy atom. The minimum atomic E-state index is 0.572. The van der Waals surface area contributed by atoms with Crippen LogP contribution in [0.25, 0.3) is 11.3 Å². The number of rotatable bonds is 2. The zero-order valence-corrected chi connectivity index (χ0v) is 12.4. The molecule has 2 aromatic rings. The summed E-state index contributed by atoms with van der Waals surface area (Å²) >= 11 is 0. The topological polar surface area (TPSA) is 15.8 Å². The first kappa shape index (κ1) is 12.5. The van der Waals surface area contributed by atoms with Crippen LogP contribution in [0.2, 0.25) is 0 Å². The van der Waals surface area contributed by atoms with E-state index in [1.165, 1.54) is 40.9 Å². The van der Waals surface area contributed by atoms with Crippen molar-refractivity contribution in [3.63, 3.8) is 0 Å². The third kappa shape index (κ3) is 2.01. The molecule has 0 saturated heterocycles. The number of aryl methyl sites for hydroxylation is 1. The molecular formula is C18H23N. The molecule has 0 atom stereocenters. The summed E-state index contributed by atoms with van der Waals surface area (Å²) < 4.78 is 0. The highest BCUT2D eigenvalue weighted by molar-refractivity contribution is 5.72. The Kier molecular flexibility index (Phi) is 3.00. The molecule has 19 heavy (non-hydrogen) atoms. The van der Waals surface area contributed by atoms with Gasteiger partial charge in [-0.3, -0.25) is 0 Å². The summed E-state index contributed by atoms with van der Waals surface area (Å²) in [4.78, 5) is 3.66. The Bertz CT molecular complexity index is 602. The summed E-state index contributed by atoms with van der Waals surface area (Å²) in [5.74, 6) is 1.18. The first-order valence-electron chi connectivity index (χ1n) is 7.42. The SMILES string of the molecule is CC(C)c1cc2c([nH]1)-c1cccc(C(C)C)c1CC2. The number of nitrogens with one attached hydrogen (secondary N) is 1. The maximum atomic E-state index is 3.66. The van der Waals surface area contributed by atoms with E-state index in [1.54, 1.807) is 5.56 Å².